The number of anilines is 6. The van der Waals surface area contributed by atoms with E-state index in [0.717, 1.165) is 80.4 Å². The van der Waals surface area contributed by atoms with Gasteiger partial charge in [0.25, 0.3) is 11.8 Å². The Kier molecular flexibility index (Phi) is 14.0. The third-order valence-corrected chi connectivity index (χ3v) is 15.2. The van der Waals surface area contributed by atoms with Crippen molar-refractivity contribution in [2.75, 3.05) is 117 Å². The van der Waals surface area contributed by atoms with Crippen molar-refractivity contribution in [3.8, 4) is 44.5 Å². The summed E-state index contributed by atoms with van der Waals surface area (Å²) in [5.41, 5.74) is 17.4. The van der Waals surface area contributed by atoms with E-state index in [4.69, 9.17) is 5.73 Å². The molecule has 73 heavy (non-hydrogen) atoms. The van der Waals surface area contributed by atoms with Crippen LogP contribution in [-0.4, -0.2) is 130 Å². The number of piperazine rings is 2. The summed E-state index contributed by atoms with van der Waals surface area (Å²) in [5.74, 6) is -1.37. The lowest BCUT2D eigenvalue weighted by Crippen LogP contribution is -2.48. The molecule has 0 saturated carbocycles. The molecule has 6 heterocycles. The first-order valence-corrected chi connectivity index (χ1v) is 25.6. The number of carbonyl (C=O) groups excluding carboxylic acids is 2. The summed E-state index contributed by atoms with van der Waals surface area (Å²) in [4.78, 5) is 47.2. The maximum absolute atomic E-state index is 16.7. The zero-order chi connectivity index (χ0) is 51.1. The van der Waals surface area contributed by atoms with Crippen LogP contribution in [0.25, 0.3) is 44.5 Å². The standard InChI is InChI=1S/C57H66F2N12O2/c1-34(2)68-19-23-70(24-20-68)42-11-7-36(8-12-42)44-31-46(54(60)65-52(44)58)41-28-39-16-18-63-57(73)51(39)49(30-41)67(6)33-64-55-47(40-27-38-15-17-62-56(72)50(38)48(29-40)61-5)32-45(53(59)66-55)37-9-13-43(14-10-37)71-25-21-69(22-26-71)35(3)4/h7-14,27-32,34-35,61H,15-26,33H2,1-6H3,(H2,60,65)(H,62,72)(H,63,73)(H,64,66). The van der Waals surface area contributed by atoms with E-state index in [2.05, 4.69) is 78.5 Å². The van der Waals surface area contributed by atoms with Crippen molar-refractivity contribution in [2.24, 2.45) is 0 Å². The molecule has 4 aliphatic heterocycles. The van der Waals surface area contributed by atoms with E-state index in [1.54, 1.807) is 13.1 Å². The van der Waals surface area contributed by atoms with Crippen molar-refractivity contribution >= 4 is 46.2 Å². The van der Waals surface area contributed by atoms with Crippen LogP contribution in [-0.2, 0) is 12.8 Å². The zero-order valence-electron chi connectivity index (χ0n) is 42.7. The van der Waals surface area contributed by atoms with Crippen LogP contribution in [0.3, 0.4) is 0 Å². The maximum Gasteiger partial charge on any atom is 0.253 e. The Balaban J connectivity index is 0.969. The van der Waals surface area contributed by atoms with Crippen LogP contribution in [0.1, 0.15) is 59.5 Å². The molecule has 4 aliphatic rings. The molecular weight excluding hydrogens is 923 g/mol. The summed E-state index contributed by atoms with van der Waals surface area (Å²) in [6.45, 7) is 17.6. The number of hydrogen-bond donors (Lipinski definition) is 5. The Hall–Kier alpha value is -7.30. The van der Waals surface area contributed by atoms with E-state index in [1.807, 2.05) is 90.8 Å². The monoisotopic (exact) mass is 989 g/mol. The molecule has 0 atom stereocenters. The number of carbonyl (C=O) groups is 2. The lowest BCUT2D eigenvalue weighted by Gasteiger charge is -2.38. The number of hydrogen-bond acceptors (Lipinski definition) is 12. The van der Waals surface area contributed by atoms with E-state index in [-0.39, 0.29) is 30.1 Å². The first-order valence-electron chi connectivity index (χ1n) is 25.6. The van der Waals surface area contributed by atoms with Crippen LogP contribution in [0.5, 0.6) is 0 Å². The van der Waals surface area contributed by atoms with E-state index in [1.165, 1.54) is 0 Å². The first-order chi connectivity index (χ1) is 35.2. The maximum atomic E-state index is 16.7. The Morgan fingerprint density at radius 2 is 1.10 bits per heavy atom. The summed E-state index contributed by atoms with van der Waals surface area (Å²) in [7, 11) is 3.63. The second-order valence-electron chi connectivity index (χ2n) is 20.2. The van der Waals surface area contributed by atoms with Gasteiger partial charge in [-0.2, -0.15) is 8.78 Å². The van der Waals surface area contributed by atoms with Crippen molar-refractivity contribution in [3.05, 3.63) is 119 Å². The van der Waals surface area contributed by atoms with Crippen molar-refractivity contribution in [1.29, 1.82) is 0 Å². The summed E-state index contributed by atoms with van der Waals surface area (Å²) >= 11 is 0. The van der Waals surface area contributed by atoms with Gasteiger partial charge in [0.05, 0.1) is 23.5 Å². The molecule has 10 rings (SSSR count). The summed E-state index contributed by atoms with van der Waals surface area (Å²) in [5, 5.41) is 12.6. The number of nitrogens with two attached hydrogens (primary N) is 1. The van der Waals surface area contributed by atoms with E-state index >= 15 is 8.78 Å². The topological polar surface area (TPSA) is 150 Å². The van der Waals surface area contributed by atoms with Gasteiger partial charge in [0, 0.05) is 131 Å². The number of nitrogen functional groups attached to an aromatic ring is 1. The molecule has 4 aromatic carbocycles. The van der Waals surface area contributed by atoms with E-state index < -0.39 is 11.9 Å². The molecule has 2 fully saturated rings. The van der Waals surface area contributed by atoms with Crippen molar-refractivity contribution in [2.45, 2.75) is 52.6 Å². The van der Waals surface area contributed by atoms with Gasteiger partial charge in [-0.15, -0.1) is 0 Å². The minimum atomic E-state index is -0.670. The number of fused-ring (bicyclic) bond motifs is 2. The molecular formula is C57H66F2N12O2. The Morgan fingerprint density at radius 1 is 0.616 bits per heavy atom. The Bertz CT molecular complexity index is 3020. The highest BCUT2D eigenvalue weighted by atomic mass is 19.1. The minimum Gasteiger partial charge on any atom is -0.387 e. The third-order valence-electron chi connectivity index (χ3n) is 15.2. The van der Waals surface area contributed by atoms with Gasteiger partial charge in [0.2, 0.25) is 11.9 Å². The highest BCUT2D eigenvalue weighted by Crippen LogP contribution is 2.40. The quantitative estimate of drug-likeness (QED) is 0.0561. The van der Waals surface area contributed by atoms with Gasteiger partial charge in [-0.05, 0) is 122 Å². The summed E-state index contributed by atoms with van der Waals surface area (Å²) < 4.78 is 32.5. The fraction of sp³-hybridized carbons (Fsp3) is 0.368. The van der Waals surface area contributed by atoms with E-state index in [9.17, 15) is 9.59 Å². The van der Waals surface area contributed by atoms with Gasteiger partial charge in [-0.3, -0.25) is 19.4 Å². The molecule has 380 valence electrons. The average molecular weight is 989 g/mol. The number of pyridine rings is 2. The third kappa shape index (κ3) is 9.97. The predicted molar refractivity (Wildman–Crippen MR) is 291 cm³/mol. The normalized spacial score (nSPS) is 16.3. The number of rotatable bonds is 13. The minimum absolute atomic E-state index is 0.0276. The molecule has 2 amide bonds. The second-order valence-corrected chi connectivity index (χ2v) is 20.2. The fourth-order valence-corrected chi connectivity index (χ4v) is 10.9. The molecule has 0 radical (unpaired) electrons. The smallest absolute Gasteiger partial charge is 0.253 e. The van der Waals surface area contributed by atoms with Gasteiger partial charge in [0.15, 0.2) is 0 Å². The summed E-state index contributed by atoms with van der Waals surface area (Å²) in [6, 6.07) is 28.2. The van der Waals surface area contributed by atoms with Crippen molar-refractivity contribution < 1.29 is 18.4 Å². The SMILES string of the molecule is CNc1cc(-c2cc(-c3ccc(N4CCN(C(C)C)CC4)cc3)c(F)nc2NCN(C)c2cc(-c3cc(-c4ccc(N5CCN(C(C)C)CC5)cc4)c(F)nc3N)cc3c2C(=O)NCC3)cc2c1C(=O)NCC2. The van der Waals surface area contributed by atoms with Gasteiger partial charge in [-0.25, -0.2) is 9.97 Å². The van der Waals surface area contributed by atoms with Gasteiger partial charge in [-0.1, -0.05) is 36.4 Å². The molecule has 16 heteroatoms. The zero-order valence-corrected chi connectivity index (χ0v) is 42.7. The Labute approximate surface area is 427 Å². The molecule has 2 saturated heterocycles. The van der Waals surface area contributed by atoms with Crippen molar-refractivity contribution in [3.63, 3.8) is 0 Å². The summed E-state index contributed by atoms with van der Waals surface area (Å²) in [6.07, 6.45) is 1.20. The first kappa shape index (κ1) is 49.3. The highest BCUT2D eigenvalue weighted by Gasteiger charge is 2.28. The van der Waals surface area contributed by atoms with Crippen LogP contribution in [0, 0.1) is 11.9 Å². The lowest BCUT2D eigenvalue weighted by atomic mass is 9.92. The van der Waals surface area contributed by atoms with Crippen LogP contribution in [0.4, 0.5) is 43.2 Å². The van der Waals surface area contributed by atoms with Crippen LogP contribution < -0.4 is 41.7 Å². The van der Waals surface area contributed by atoms with Crippen LogP contribution in [0.2, 0.25) is 0 Å². The van der Waals surface area contributed by atoms with Crippen molar-refractivity contribution in [1.82, 2.24) is 30.4 Å². The number of halogens is 2. The molecule has 6 aromatic rings. The van der Waals surface area contributed by atoms with Gasteiger partial charge >= 0.3 is 0 Å². The second kappa shape index (κ2) is 20.7. The number of benzene rings is 4. The molecule has 0 bridgehead atoms. The Morgan fingerprint density at radius 3 is 1.62 bits per heavy atom. The molecule has 0 unspecified atom stereocenters. The number of aromatic nitrogens is 2. The lowest BCUT2D eigenvalue weighted by molar-refractivity contribution is 0.0938. The number of nitrogens with one attached hydrogen (secondary N) is 4. The average Bonchev–Trinajstić information content (AvgIpc) is 3.40. The van der Waals surface area contributed by atoms with Crippen LogP contribution in [0.15, 0.2) is 84.9 Å². The molecule has 2 aromatic heterocycles. The van der Waals surface area contributed by atoms with Crippen LogP contribution >= 0.6 is 0 Å². The molecule has 14 nitrogen and oxygen atoms in total. The van der Waals surface area contributed by atoms with Gasteiger partial charge < -0.3 is 41.7 Å². The molecule has 0 spiro atoms. The largest absolute Gasteiger partial charge is 0.387 e. The number of amides is 2. The number of nitrogens with zero attached hydrogens (tertiary/aromatic N) is 7. The van der Waals surface area contributed by atoms with Gasteiger partial charge in [0.1, 0.15) is 11.6 Å². The van der Waals surface area contributed by atoms with E-state index in [0.29, 0.717) is 99.5 Å². The molecule has 6 N–H and O–H groups in total. The highest BCUT2D eigenvalue weighted by molar-refractivity contribution is 6.04. The fourth-order valence-electron chi connectivity index (χ4n) is 10.9. The molecule has 0 aliphatic carbocycles. The predicted octanol–water partition coefficient (Wildman–Crippen LogP) is 8.19.